The molecule has 0 atom stereocenters. The SMILES string of the molecule is Nc1ccnc(CCCC(=O)O)n1. The first-order valence-corrected chi connectivity index (χ1v) is 3.97. The Labute approximate surface area is 75.6 Å². The minimum atomic E-state index is -0.802. The average Bonchev–Trinajstić information content (AvgIpc) is 2.03. The maximum absolute atomic E-state index is 10.2. The molecule has 0 spiro atoms. The summed E-state index contributed by atoms with van der Waals surface area (Å²) in [6.07, 6.45) is 2.80. The smallest absolute Gasteiger partial charge is 0.303 e. The molecule has 0 aliphatic rings. The van der Waals surface area contributed by atoms with Crippen molar-refractivity contribution < 1.29 is 9.90 Å². The first-order chi connectivity index (χ1) is 6.18. The van der Waals surface area contributed by atoms with Gasteiger partial charge in [-0.1, -0.05) is 0 Å². The van der Waals surface area contributed by atoms with E-state index in [1.54, 1.807) is 12.3 Å². The highest BCUT2D eigenvalue weighted by atomic mass is 16.4. The topological polar surface area (TPSA) is 89.1 Å². The number of aliphatic carboxylic acids is 1. The Balaban J connectivity index is 2.41. The number of carboxylic acids is 1. The number of hydrogen-bond acceptors (Lipinski definition) is 4. The van der Waals surface area contributed by atoms with Gasteiger partial charge in [0.2, 0.25) is 0 Å². The van der Waals surface area contributed by atoms with Crippen LogP contribution in [0.1, 0.15) is 18.7 Å². The molecule has 0 aliphatic carbocycles. The lowest BCUT2D eigenvalue weighted by molar-refractivity contribution is -0.137. The molecule has 1 aromatic rings. The van der Waals surface area contributed by atoms with Gasteiger partial charge in [0.05, 0.1) is 0 Å². The van der Waals surface area contributed by atoms with Crippen LogP contribution in [0.15, 0.2) is 12.3 Å². The summed E-state index contributed by atoms with van der Waals surface area (Å²) in [6.45, 7) is 0. The summed E-state index contributed by atoms with van der Waals surface area (Å²) in [5, 5.41) is 8.38. The summed E-state index contributed by atoms with van der Waals surface area (Å²) in [5.74, 6) is 0.213. The number of carbonyl (C=O) groups is 1. The molecular formula is C8H11N3O2. The Morgan fingerprint density at radius 2 is 2.38 bits per heavy atom. The number of hydrogen-bond donors (Lipinski definition) is 2. The van der Waals surface area contributed by atoms with E-state index in [0.29, 0.717) is 24.5 Å². The molecule has 70 valence electrons. The molecule has 0 aromatic carbocycles. The number of anilines is 1. The molecule has 1 heterocycles. The number of carboxylic acid groups (broad SMARTS) is 1. The van der Waals surface area contributed by atoms with Crippen LogP contribution in [-0.2, 0) is 11.2 Å². The molecule has 0 saturated heterocycles. The fourth-order valence-corrected chi connectivity index (χ4v) is 0.933. The van der Waals surface area contributed by atoms with E-state index in [4.69, 9.17) is 10.8 Å². The van der Waals surface area contributed by atoms with Crippen LogP contribution in [0.2, 0.25) is 0 Å². The van der Waals surface area contributed by atoms with Gasteiger partial charge in [-0.25, -0.2) is 9.97 Å². The zero-order chi connectivity index (χ0) is 9.68. The van der Waals surface area contributed by atoms with Gasteiger partial charge in [0.25, 0.3) is 0 Å². The van der Waals surface area contributed by atoms with Crippen LogP contribution < -0.4 is 5.73 Å². The Bertz CT molecular complexity index is 301. The Kier molecular flexibility index (Phi) is 3.19. The third-order valence-corrected chi connectivity index (χ3v) is 1.52. The number of nitrogens with zero attached hydrogens (tertiary/aromatic N) is 2. The summed E-state index contributed by atoms with van der Waals surface area (Å²) in [5.41, 5.74) is 5.42. The standard InChI is InChI=1S/C8H11N3O2/c9-6-4-5-10-7(11-6)2-1-3-8(12)13/h4-5H,1-3H2,(H,12,13)(H2,9,10,11). The molecule has 0 saturated carbocycles. The van der Waals surface area contributed by atoms with Crippen molar-refractivity contribution in [1.29, 1.82) is 0 Å². The Morgan fingerprint density at radius 1 is 1.62 bits per heavy atom. The maximum Gasteiger partial charge on any atom is 0.303 e. The fraction of sp³-hybridized carbons (Fsp3) is 0.375. The van der Waals surface area contributed by atoms with E-state index in [2.05, 4.69) is 9.97 Å². The lowest BCUT2D eigenvalue weighted by atomic mass is 10.2. The van der Waals surface area contributed by atoms with E-state index >= 15 is 0 Å². The highest BCUT2D eigenvalue weighted by molar-refractivity contribution is 5.66. The second kappa shape index (κ2) is 4.39. The lowest BCUT2D eigenvalue weighted by Gasteiger charge is -1.98. The molecule has 0 amide bonds. The second-order valence-electron chi connectivity index (χ2n) is 2.65. The van der Waals surface area contributed by atoms with E-state index in [-0.39, 0.29) is 6.42 Å². The minimum Gasteiger partial charge on any atom is -0.481 e. The largest absolute Gasteiger partial charge is 0.481 e. The van der Waals surface area contributed by atoms with Gasteiger partial charge >= 0.3 is 5.97 Å². The van der Waals surface area contributed by atoms with E-state index in [0.717, 1.165) is 0 Å². The Morgan fingerprint density at radius 3 is 3.00 bits per heavy atom. The zero-order valence-corrected chi connectivity index (χ0v) is 7.10. The number of rotatable bonds is 4. The summed E-state index contributed by atoms with van der Waals surface area (Å²) in [7, 11) is 0. The molecule has 0 unspecified atom stereocenters. The molecule has 13 heavy (non-hydrogen) atoms. The van der Waals surface area contributed by atoms with E-state index < -0.39 is 5.97 Å². The quantitative estimate of drug-likeness (QED) is 0.704. The van der Waals surface area contributed by atoms with E-state index in [1.807, 2.05) is 0 Å². The van der Waals surface area contributed by atoms with Crippen LogP contribution in [0.4, 0.5) is 5.82 Å². The second-order valence-corrected chi connectivity index (χ2v) is 2.65. The first kappa shape index (κ1) is 9.44. The molecule has 0 fully saturated rings. The highest BCUT2D eigenvalue weighted by Crippen LogP contribution is 2.01. The van der Waals surface area contributed by atoms with Gasteiger partial charge in [0.15, 0.2) is 0 Å². The van der Waals surface area contributed by atoms with Crippen LogP contribution in [0.5, 0.6) is 0 Å². The number of nitrogens with two attached hydrogens (primary N) is 1. The molecular weight excluding hydrogens is 170 g/mol. The number of nitrogen functional groups attached to an aromatic ring is 1. The predicted octanol–water partition coefficient (Wildman–Crippen LogP) is 0.466. The van der Waals surface area contributed by atoms with Gasteiger partial charge in [-0.3, -0.25) is 4.79 Å². The van der Waals surface area contributed by atoms with Crippen molar-refractivity contribution in [2.75, 3.05) is 5.73 Å². The van der Waals surface area contributed by atoms with Crippen molar-refractivity contribution in [3.8, 4) is 0 Å². The van der Waals surface area contributed by atoms with Crippen molar-refractivity contribution in [2.24, 2.45) is 0 Å². The molecule has 3 N–H and O–H groups in total. The minimum absolute atomic E-state index is 0.137. The first-order valence-electron chi connectivity index (χ1n) is 3.97. The Hall–Kier alpha value is -1.65. The van der Waals surface area contributed by atoms with Crippen LogP contribution >= 0.6 is 0 Å². The molecule has 1 rings (SSSR count). The van der Waals surface area contributed by atoms with Gasteiger partial charge in [-0.05, 0) is 12.5 Å². The van der Waals surface area contributed by atoms with Gasteiger partial charge in [0.1, 0.15) is 11.6 Å². The van der Waals surface area contributed by atoms with Crippen LogP contribution in [0.25, 0.3) is 0 Å². The molecule has 0 bridgehead atoms. The molecule has 1 aromatic heterocycles. The van der Waals surface area contributed by atoms with Crippen molar-refractivity contribution in [2.45, 2.75) is 19.3 Å². The molecule has 5 nitrogen and oxygen atoms in total. The van der Waals surface area contributed by atoms with Gasteiger partial charge in [0, 0.05) is 19.0 Å². The van der Waals surface area contributed by atoms with Crippen LogP contribution in [0.3, 0.4) is 0 Å². The van der Waals surface area contributed by atoms with Crippen molar-refractivity contribution in [3.63, 3.8) is 0 Å². The highest BCUT2D eigenvalue weighted by Gasteiger charge is 2.00. The predicted molar refractivity (Wildman–Crippen MR) is 47.0 cm³/mol. The van der Waals surface area contributed by atoms with Crippen LogP contribution in [-0.4, -0.2) is 21.0 Å². The van der Waals surface area contributed by atoms with Crippen molar-refractivity contribution >= 4 is 11.8 Å². The summed E-state index contributed by atoms with van der Waals surface area (Å²) in [6, 6.07) is 1.60. The van der Waals surface area contributed by atoms with Gasteiger partial charge in [-0.15, -0.1) is 0 Å². The average molecular weight is 181 g/mol. The lowest BCUT2D eigenvalue weighted by Crippen LogP contribution is -2.01. The van der Waals surface area contributed by atoms with Gasteiger partial charge < -0.3 is 10.8 Å². The number of aryl methyl sites for hydroxylation is 1. The van der Waals surface area contributed by atoms with Crippen molar-refractivity contribution in [1.82, 2.24) is 9.97 Å². The molecule has 5 heteroatoms. The summed E-state index contributed by atoms with van der Waals surface area (Å²) >= 11 is 0. The maximum atomic E-state index is 10.2. The fourth-order valence-electron chi connectivity index (χ4n) is 0.933. The van der Waals surface area contributed by atoms with E-state index in [9.17, 15) is 4.79 Å². The normalized spacial score (nSPS) is 9.85. The summed E-state index contributed by atoms with van der Waals surface area (Å²) in [4.78, 5) is 18.1. The third-order valence-electron chi connectivity index (χ3n) is 1.52. The molecule has 0 radical (unpaired) electrons. The summed E-state index contributed by atoms with van der Waals surface area (Å²) < 4.78 is 0. The van der Waals surface area contributed by atoms with Crippen LogP contribution in [0, 0.1) is 0 Å². The van der Waals surface area contributed by atoms with Crippen molar-refractivity contribution in [3.05, 3.63) is 18.1 Å². The van der Waals surface area contributed by atoms with E-state index in [1.165, 1.54) is 0 Å². The third kappa shape index (κ3) is 3.50. The molecule has 0 aliphatic heterocycles. The zero-order valence-electron chi connectivity index (χ0n) is 7.10. The monoisotopic (exact) mass is 181 g/mol. The van der Waals surface area contributed by atoms with Gasteiger partial charge in [-0.2, -0.15) is 0 Å². The number of aromatic nitrogens is 2.